The van der Waals surface area contributed by atoms with Gasteiger partial charge < -0.3 is 9.47 Å². The van der Waals surface area contributed by atoms with E-state index in [1.54, 1.807) is 22.9 Å². The first kappa shape index (κ1) is 20.9. The van der Waals surface area contributed by atoms with Gasteiger partial charge in [0.1, 0.15) is 11.4 Å². The molecule has 1 aliphatic rings. The number of esters is 1. The zero-order chi connectivity index (χ0) is 22.9. The molecule has 3 aromatic carbocycles. The summed E-state index contributed by atoms with van der Waals surface area (Å²) < 4.78 is 13.3. The standard InChI is InChI=1S/C26H17BrN2O4/c1-32-26(31)17-9-12-22-21(13-17)25(30)23(33-22)14-18-15-29(20-5-3-2-4-6-20)28-24(18)16-7-10-19(27)11-8-16/h2-15H,1H3/b23-14-. The molecule has 0 unspecified atom stereocenters. The van der Waals surface area contributed by atoms with Crippen molar-refractivity contribution >= 4 is 33.8 Å². The summed E-state index contributed by atoms with van der Waals surface area (Å²) in [4.78, 5) is 24.9. The average Bonchev–Trinajstić information content (AvgIpc) is 3.41. The second-order valence-electron chi connectivity index (χ2n) is 7.36. The zero-order valence-electron chi connectivity index (χ0n) is 17.5. The van der Waals surface area contributed by atoms with Gasteiger partial charge in [-0.05, 0) is 48.5 Å². The SMILES string of the molecule is COC(=O)c1ccc2c(c1)C(=O)/C(=C/c1cn(-c3ccccc3)nc1-c1ccc(Br)cc1)O2. The summed E-state index contributed by atoms with van der Waals surface area (Å²) in [6.07, 6.45) is 3.54. The van der Waals surface area contributed by atoms with Crippen LogP contribution < -0.4 is 4.74 Å². The topological polar surface area (TPSA) is 70.4 Å². The monoisotopic (exact) mass is 500 g/mol. The van der Waals surface area contributed by atoms with E-state index in [1.165, 1.54) is 13.2 Å². The molecule has 2 heterocycles. The van der Waals surface area contributed by atoms with Gasteiger partial charge in [-0.15, -0.1) is 0 Å². The molecule has 6 nitrogen and oxygen atoms in total. The van der Waals surface area contributed by atoms with Crippen LogP contribution in [0.25, 0.3) is 23.0 Å². The van der Waals surface area contributed by atoms with E-state index in [2.05, 4.69) is 15.9 Å². The fourth-order valence-corrected chi connectivity index (χ4v) is 3.88. The summed E-state index contributed by atoms with van der Waals surface area (Å²) in [6, 6.07) is 22.2. The van der Waals surface area contributed by atoms with Crippen molar-refractivity contribution in [1.29, 1.82) is 0 Å². The van der Waals surface area contributed by atoms with Gasteiger partial charge in [0, 0.05) is 21.8 Å². The number of methoxy groups -OCH3 is 1. The molecule has 162 valence electrons. The maximum Gasteiger partial charge on any atom is 0.337 e. The Hall–Kier alpha value is -3.97. The molecule has 1 aromatic heterocycles. The molecule has 33 heavy (non-hydrogen) atoms. The predicted octanol–water partition coefficient (Wildman–Crippen LogP) is 5.70. The highest BCUT2D eigenvalue weighted by molar-refractivity contribution is 9.10. The van der Waals surface area contributed by atoms with Gasteiger partial charge in [-0.1, -0.05) is 46.3 Å². The van der Waals surface area contributed by atoms with Crippen LogP contribution in [0.3, 0.4) is 0 Å². The molecule has 0 amide bonds. The number of carbonyl (C=O) groups excluding carboxylic acids is 2. The lowest BCUT2D eigenvalue weighted by Crippen LogP contribution is -2.03. The fourth-order valence-electron chi connectivity index (χ4n) is 3.61. The Kier molecular flexibility index (Phi) is 5.40. The van der Waals surface area contributed by atoms with Gasteiger partial charge >= 0.3 is 5.97 Å². The van der Waals surface area contributed by atoms with Crippen LogP contribution in [0.2, 0.25) is 0 Å². The highest BCUT2D eigenvalue weighted by Crippen LogP contribution is 2.34. The van der Waals surface area contributed by atoms with Gasteiger partial charge in [-0.3, -0.25) is 4.79 Å². The zero-order valence-corrected chi connectivity index (χ0v) is 19.1. The van der Waals surface area contributed by atoms with Crippen LogP contribution in [-0.4, -0.2) is 28.6 Å². The molecule has 0 spiro atoms. The second kappa shape index (κ2) is 8.52. The number of fused-ring (bicyclic) bond motifs is 1. The number of allylic oxidation sites excluding steroid dienone is 1. The number of carbonyl (C=O) groups is 2. The summed E-state index contributed by atoms with van der Waals surface area (Å²) in [5, 5.41) is 4.77. The number of Topliss-reactive ketones (excluding diaryl/α,β-unsaturated/α-hetero) is 1. The fraction of sp³-hybridized carbons (Fsp3) is 0.0385. The van der Waals surface area contributed by atoms with Gasteiger partial charge in [-0.25, -0.2) is 9.48 Å². The average molecular weight is 501 g/mol. The minimum atomic E-state index is -0.510. The Morgan fingerprint density at radius 1 is 1.06 bits per heavy atom. The maximum absolute atomic E-state index is 13.1. The Morgan fingerprint density at radius 2 is 1.82 bits per heavy atom. The van der Waals surface area contributed by atoms with Crippen LogP contribution in [0, 0.1) is 0 Å². The van der Waals surface area contributed by atoms with Crippen LogP contribution >= 0.6 is 15.9 Å². The van der Waals surface area contributed by atoms with E-state index in [1.807, 2.05) is 60.8 Å². The predicted molar refractivity (Wildman–Crippen MR) is 127 cm³/mol. The van der Waals surface area contributed by atoms with E-state index < -0.39 is 5.97 Å². The number of ketones is 1. The first-order chi connectivity index (χ1) is 16.0. The minimum absolute atomic E-state index is 0.165. The molecule has 0 saturated heterocycles. The van der Waals surface area contributed by atoms with E-state index in [4.69, 9.17) is 14.6 Å². The second-order valence-corrected chi connectivity index (χ2v) is 8.28. The highest BCUT2D eigenvalue weighted by Gasteiger charge is 2.29. The Morgan fingerprint density at radius 3 is 2.55 bits per heavy atom. The molecule has 0 bridgehead atoms. The van der Waals surface area contributed by atoms with Crippen LogP contribution in [0.4, 0.5) is 0 Å². The third kappa shape index (κ3) is 3.99. The third-order valence-corrected chi connectivity index (χ3v) is 5.79. The van der Waals surface area contributed by atoms with E-state index in [0.717, 1.165) is 21.3 Å². The molecule has 0 fully saturated rings. The van der Waals surface area contributed by atoms with E-state index >= 15 is 0 Å². The van der Waals surface area contributed by atoms with Crippen molar-refractivity contribution in [3.05, 3.63) is 106 Å². The van der Waals surface area contributed by atoms with Crippen LogP contribution in [0.15, 0.2) is 89.2 Å². The quantitative estimate of drug-likeness (QED) is 0.265. The van der Waals surface area contributed by atoms with Crippen molar-refractivity contribution in [2.45, 2.75) is 0 Å². The van der Waals surface area contributed by atoms with Crippen LogP contribution in [0.5, 0.6) is 5.75 Å². The summed E-state index contributed by atoms with van der Waals surface area (Å²) in [5.74, 6) is -0.243. The lowest BCUT2D eigenvalue weighted by Gasteiger charge is -2.01. The lowest BCUT2D eigenvalue weighted by molar-refractivity contribution is 0.0600. The number of ether oxygens (including phenoxy) is 2. The van der Waals surface area contributed by atoms with Crippen molar-refractivity contribution in [3.63, 3.8) is 0 Å². The van der Waals surface area contributed by atoms with E-state index in [0.29, 0.717) is 22.6 Å². The summed E-state index contributed by atoms with van der Waals surface area (Å²) >= 11 is 3.46. The molecule has 0 N–H and O–H groups in total. The van der Waals surface area contributed by atoms with E-state index in [-0.39, 0.29) is 11.5 Å². The van der Waals surface area contributed by atoms with Gasteiger partial charge in [-0.2, -0.15) is 5.10 Å². The van der Waals surface area contributed by atoms with Crippen molar-refractivity contribution in [2.75, 3.05) is 7.11 Å². The number of nitrogens with zero attached hydrogens (tertiary/aromatic N) is 2. The minimum Gasteiger partial charge on any atom is -0.465 e. The highest BCUT2D eigenvalue weighted by atomic mass is 79.9. The molecule has 0 atom stereocenters. The third-order valence-electron chi connectivity index (χ3n) is 5.26. The van der Waals surface area contributed by atoms with E-state index in [9.17, 15) is 9.59 Å². The summed E-state index contributed by atoms with van der Waals surface area (Å²) in [5.41, 5.74) is 3.85. The number of para-hydroxylation sites is 1. The molecule has 7 heteroatoms. The normalized spacial score (nSPS) is 13.6. The van der Waals surface area contributed by atoms with Crippen molar-refractivity contribution in [2.24, 2.45) is 0 Å². The number of hydrogen-bond donors (Lipinski definition) is 0. The van der Waals surface area contributed by atoms with Gasteiger partial charge in [0.05, 0.1) is 23.9 Å². The molecule has 0 saturated carbocycles. The molecular formula is C26H17BrN2O4. The number of rotatable bonds is 4. The molecule has 0 radical (unpaired) electrons. The number of benzene rings is 3. The van der Waals surface area contributed by atoms with Crippen LogP contribution in [0.1, 0.15) is 26.3 Å². The Bertz CT molecular complexity index is 1410. The van der Waals surface area contributed by atoms with Gasteiger partial charge in [0.25, 0.3) is 0 Å². The number of aromatic nitrogens is 2. The molecule has 0 aliphatic carbocycles. The lowest BCUT2D eigenvalue weighted by atomic mass is 10.0. The van der Waals surface area contributed by atoms with Crippen LogP contribution in [-0.2, 0) is 4.74 Å². The smallest absolute Gasteiger partial charge is 0.337 e. The Balaban J connectivity index is 1.58. The first-order valence-electron chi connectivity index (χ1n) is 10.1. The van der Waals surface area contributed by atoms with Gasteiger partial charge in [0.15, 0.2) is 5.76 Å². The maximum atomic E-state index is 13.1. The first-order valence-corrected chi connectivity index (χ1v) is 10.9. The number of hydrogen-bond acceptors (Lipinski definition) is 5. The molecule has 4 aromatic rings. The molecular weight excluding hydrogens is 484 g/mol. The van der Waals surface area contributed by atoms with Gasteiger partial charge in [0.2, 0.25) is 5.78 Å². The van der Waals surface area contributed by atoms with Crippen molar-refractivity contribution in [3.8, 4) is 22.7 Å². The summed E-state index contributed by atoms with van der Waals surface area (Å²) in [6.45, 7) is 0. The summed E-state index contributed by atoms with van der Waals surface area (Å²) in [7, 11) is 1.30. The molecule has 1 aliphatic heterocycles. The largest absolute Gasteiger partial charge is 0.465 e. The van der Waals surface area contributed by atoms with Crippen molar-refractivity contribution in [1.82, 2.24) is 9.78 Å². The Labute approximate surface area is 198 Å². The molecule has 5 rings (SSSR count). The number of halogens is 1. The van der Waals surface area contributed by atoms with Crippen molar-refractivity contribution < 1.29 is 19.1 Å².